The lowest BCUT2D eigenvalue weighted by atomic mass is 10.1. The Kier molecular flexibility index (Phi) is 4.55. The first-order valence-corrected chi connectivity index (χ1v) is 10.3. The standard InChI is InChI=1S/C22H25N3O3/c26-22(21-8-12-23-28-21)24-13-9-17(10-14-24)27-20-7-3-6-19-18(20)11-15-25(19)16-4-1-2-5-16/h3,6-8,11-12,15-17H,1-2,4-5,9-10,13-14H2. The molecule has 3 aromatic rings. The van der Waals surface area contributed by atoms with Gasteiger partial charge in [0.15, 0.2) is 0 Å². The van der Waals surface area contributed by atoms with E-state index in [2.05, 4.69) is 40.2 Å². The van der Waals surface area contributed by atoms with Crippen LogP contribution in [0.2, 0.25) is 0 Å². The number of hydrogen-bond donors (Lipinski definition) is 0. The minimum Gasteiger partial charge on any atom is -0.490 e. The van der Waals surface area contributed by atoms with E-state index in [9.17, 15) is 4.79 Å². The molecule has 0 radical (unpaired) electrons. The second-order valence-corrected chi connectivity index (χ2v) is 7.84. The van der Waals surface area contributed by atoms with Gasteiger partial charge in [0.1, 0.15) is 11.9 Å². The van der Waals surface area contributed by atoms with E-state index in [1.54, 1.807) is 6.07 Å². The minimum atomic E-state index is -0.0910. The Labute approximate surface area is 164 Å². The van der Waals surface area contributed by atoms with Crippen LogP contribution in [0.1, 0.15) is 55.1 Å². The molecule has 2 fully saturated rings. The van der Waals surface area contributed by atoms with E-state index in [0.717, 1.165) is 18.6 Å². The van der Waals surface area contributed by atoms with E-state index in [0.29, 0.717) is 24.9 Å². The normalized spacial score (nSPS) is 18.8. The molecule has 2 aliphatic rings. The quantitative estimate of drug-likeness (QED) is 0.673. The fourth-order valence-electron chi connectivity index (χ4n) is 4.60. The van der Waals surface area contributed by atoms with E-state index in [4.69, 9.17) is 9.26 Å². The summed E-state index contributed by atoms with van der Waals surface area (Å²) in [6.45, 7) is 1.34. The number of piperidine rings is 1. The van der Waals surface area contributed by atoms with Gasteiger partial charge in [-0.05, 0) is 31.0 Å². The minimum absolute atomic E-state index is 0.0910. The maximum absolute atomic E-state index is 12.4. The van der Waals surface area contributed by atoms with Crippen molar-refractivity contribution in [3.63, 3.8) is 0 Å². The SMILES string of the molecule is O=C(c1ccno1)N1CCC(Oc2cccc3c2ccn3C2CCCC2)CC1. The molecule has 5 rings (SSSR count). The van der Waals surface area contributed by atoms with Crippen LogP contribution in [0.5, 0.6) is 5.75 Å². The third kappa shape index (κ3) is 3.17. The van der Waals surface area contributed by atoms with Crippen molar-refractivity contribution in [2.45, 2.75) is 50.7 Å². The summed E-state index contributed by atoms with van der Waals surface area (Å²) in [5.74, 6) is 1.17. The summed E-state index contributed by atoms with van der Waals surface area (Å²) in [6.07, 6.45) is 10.7. The van der Waals surface area contributed by atoms with Gasteiger partial charge in [0.05, 0.1) is 11.7 Å². The Hall–Kier alpha value is -2.76. The highest BCUT2D eigenvalue weighted by molar-refractivity contribution is 5.91. The first kappa shape index (κ1) is 17.3. The lowest BCUT2D eigenvalue weighted by Gasteiger charge is -2.31. The summed E-state index contributed by atoms with van der Waals surface area (Å²) in [4.78, 5) is 14.2. The molecule has 0 N–H and O–H groups in total. The Balaban J connectivity index is 1.27. The predicted molar refractivity (Wildman–Crippen MR) is 105 cm³/mol. The lowest BCUT2D eigenvalue weighted by molar-refractivity contribution is 0.0560. The number of benzene rings is 1. The Bertz CT molecular complexity index is 949. The zero-order chi connectivity index (χ0) is 18.9. The Morgan fingerprint density at radius 1 is 1.07 bits per heavy atom. The van der Waals surface area contributed by atoms with Crippen molar-refractivity contribution >= 4 is 16.8 Å². The zero-order valence-corrected chi connectivity index (χ0v) is 15.9. The third-order valence-electron chi connectivity index (χ3n) is 6.11. The number of carbonyl (C=O) groups is 1. The van der Waals surface area contributed by atoms with Crippen molar-refractivity contribution < 1.29 is 14.1 Å². The molecule has 3 heterocycles. The fraction of sp³-hybridized carbons (Fsp3) is 0.455. The zero-order valence-electron chi connectivity index (χ0n) is 15.9. The monoisotopic (exact) mass is 379 g/mol. The molecule has 1 aliphatic carbocycles. The highest BCUT2D eigenvalue weighted by Crippen LogP contribution is 2.36. The van der Waals surface area contributed by atoms with Gasteiger partial charge in [-0.2, -0.15) is 0 Å². The highest BCUT2D eigenvalue weighted by Gasteiger charge is 2.27. The molecule has 0 bridgehead atoms. The summed E-state index contributed by atoms with van der Waals surface area (Å²) in [6, 6.07) is 10.8. The second-order valence-electron chi connectivity index (χ2n) is 7.84. The maximum atomic E-state index is 12.4. The van der Waals surface area contributed by atoms with Crippen molar-refractivity contribution in [1.82, 2.24) is 14.6 Å². The van der Waals surface area contributed by atoms with Crippen molar-refractivity contribution in [1.29, 1.82) is 0 Å². The van der Waals surface area contributed by atoms with Crippen LogP contribution in [-0.2, 0) is 0 Å². The van der Waals surface area contributed by atoms with E-state index in [1.165, 1.54) is 42.8 Å². The highest BCUT2D eigenvalue weighted by atomic mass is 16.5. The van der Waals surface area contributed by atoms with Gasteiger partial charge in [-0.15, -0.1) is 0 Å². The number of likely N-dealkylation sites (tertiary alicyclic amines) is 1. The molecule has 6 nitrogen and oxygen atoms in total. The Morgan fingerprint density at radius 3 is 2.64 bits per heavy atom. The van der Waals surface area contributed by atoms with Gasteiger partial charge in [0, 0.05) is 49.6 Å². The van der Waals surface area contributed by atoms with Gasteiger partial charge >= 0.3 is 0 Å². The number of carbonyl (C=O) groups excluding carboxylic acids is 1. The van der Waals surface area contributed by atoms with Crippen molar-refractivity contribution in [2.75, 3.05) is 13.1 Å². The average Bonchev–Trinajstić information content (AvgIpc) is 3.49. The summed E-state index contributed by atoms with van der Waals surface area (Å²) in [7, 11) is 0. The summed E-state index contributed by atoms with van der Waals surface area (Å²) < 4.78 is 13.8. The summed E-state index contributed by atoms with van der Waals surface area (Å²) in [5.41, 5.74) is 1.27. The number of rotatable bonds is 4. The van der Waals surface area contributed by atoms with Crippen molar-refractivity contribution in [3.8, 4) is 5.75 Å². The van der Waals surface area contributed by atoms with Gasteiger partial charge in [-0.3, -0.25) is 4.79 Å². The fourth-order valence-corrected chi connectivity index (χ4v) is 4.60. The summed E-state index contributed by atoms with van der Waals surface area (Å²) >= 11 is 0. The summed E-state index contributed by atoms with van der Waals surface area (Å²) in [5, 5.41) is 4.81. The smallest absolute Gasteiger partial charge is 0.292 e. The molecule has 6 heteroatoms. The maximum Gasteiger partial charge on any atom is 0.292 e. The Morgan fingerprint density at radius 2 is 1.89 bits per heavy atom. The number of ether oxygens (including phenoxy) is 1. The van der Waals surface area contributed by atoms with E-state index < -0.39 is 0 Å². The van der Waals surface area contributed by atoms with Crippen molar-refractivity contribution in [3.05, 3.63) is 48.5 Å². The molecule has 146 valence electrons. The molecule has 1 saturated heterocycles. The lowest BCUT2D eigenvalue weighted by Crippen LogP contribution is -2.41. The number of nitrogens with zero attached hydrogens (tertiary/aromatic N) is 3. The topological polar surface area (TPSA) is 60.5 Å². The van der Waals surface area contributed by atoms with Crippen LogP contribution in [0.4, 0.5) is 0 Å². The van der Waals surface area contributed by atoms with E-state index in [-0.39, 0.29) is 12.0 Å². The molecule has 1 aliphatic heterocycles. The molecule has 0 atom stereocenters. The van der Waals surface area contributed by atoms with Gasteiger partial charge in [0.25, 0.3) is 5.91 Å². The molecule has 1 saturated carbocycles. The van der Waals surface area contributed by atoms with Gasteiger partial charge in [-0.1, -0.05) is 24.1 Å². The predicted octanol–water partition coefficient (Wildman–Crippen LogP) is 4.43. The van der Waals surface area contributed by atoms with Crippen LogP contribution in [0, 0.1) is 0 Å². The molecular formula is C22H25N3O3. The molecular weight excluding hydrogens is 354 g/mol. The molecule has 0 unspecified atom stereocenters. The molecule has 2 aromatic heterocycles. The van der Waals surface area contributed by atoms with Gasteiger partial charge < -0.3 is 18.7 Å². The van der Waals surface area contributed by atoms with Crippen LogP contribution in [0.15, 0.2) is 47.2 Å². The molecule has 28 heavy (non-hydrogen) atoms. The number of amides is 1. The van der Waals surface area contributed by atoms with Crippen LogP contribution < -0.4 is 4.74 Å². The number of fused-ring (bicyclic) bond motifs is 1. The van der Waals surface area contributed by atoms with Crippen LogP contribution in [-0.4, -0.2) is 39.7 Å². The van der Waals surface area contributed by atoms with E-state index in [1.807, 2.05) is 4.90 Å². The third-order valence-corrected chi connectivity index (χ3v) is 6.11. The number of hydrogen-bond acceptors (Lipinski definition) is 4. The van der Waals surface area contributed by atoms with Crippen molar-refractivity contribution in [2.24, 2.45) is 0 Å². The first-order valence-electron chi connectivity index (χ1n) is 10.3. The van der Waals surface area contributed by atoms with Crippen LogP contribution >= 0.6 is 0 Å². The molecule has 1 amide bonds. The van der Waals surface area contributed by atoms with Crippen LogP contribution in [0.3, 0.4) is 0 Å². The van der Waals surface area contributed by atoms with E-state index >= 15 is 0 Å². The number of aromatic nitrogens is 2. The largest absolute Gasteiger partial charge is 0.490 e. The van der Waals surface area contributed by atoms with Crippen LogP contribution in [0.25, 0.3) is 10.9 Å². The van der Waals surface area contributed by atoms with Gasteiger partial charge in [-0.25, -0.2) is 0 Å². The molecule has 0 spiro atoms. The average molecular weight is 379 g/mol. The first-order chi connectivity index (χ1) is 13.8. The van der Waals surface area contributed by atoms with Gasteiger partial charge in [0.2, 0.25) is 5.76 Å². The molecule has 1 aromatic carbocycles. The second kappa shape index (κ2) is 7.34.